The van der Waals surface area contributed by atoms with Crippen LogP contribution >= 0.6 is 11.8 Å². The van der Waals surface area contributed by atoms with E-state index in [1.807, 2.05) is 18.5 Å². The van der Waals surface area contributed by atoms with Crippen LogP contribution in [0.4, 0.5) is 0 Å². The summed E-state index contributed by atoms with van der Waals surface area (Å²) in [5.74, 6) is 0. The second kappa shape index (κ2) is 7.31. The fourth-order valence-electron chi connectivity index (χ4n) is 2.15. The highest BCUT2D eigenvalue weighted by Crippen LogP contribution is 2.29. The SMILES string of the molecule is CCCNC(c1cccnc1)c1ccccc1SC. The third-order valence-electron chi connectivity index (χ3n) is 3.07. The lowest BCUT2D eigenvalue weighted by Crippen LogP contribution is -2.23. The lowest BCUT2D eigenvalue weighted by Gasteiger charge is -2.21. The van der Waals surface area contributed by atoms with E-state index in [2.05, 4.69) is 53.8 Å². The van der Waals surface area contributed by atoms with Crippen LogP contribution in [0, 0.1) is 0 Å². The lowest BCUT2D eigenvalue weighted by atomic mass is 10.00. The maximum Gasteiger partial charge on any atom is 0.0603 e. The second-order valence-corrected chi connectivity index (χ2v) is 5.26. The Kier molecular flexibility index (Phi) is 5.43. The van der Waals surface area contributed by atoms with Crippen LogP contribution in [-0.2, 0) is 0 Å². The molecule has 1 N–H and O–H groups in total. The molecule has 0 aliphatic heterocycles. The first-order valence-electron chi connectivity index (χ1n) is 6.63. The van der Waals surface area contributed by atoms with Gasteiger partial charge in [0, 0.05) is 17.3 Å². The molecule has 1 unspecified atom stereocenters. The van der Waals surface area contributed by atoms with E-state index in [4.69, 9.17) is 0 Å². The zero-order chi connectivity index (χ0) is 13.5. The number of pyridine rings is 1. The van der Waals surface area contributed by atoms with Gasteiger partial charge in [-0.1, -0.05) is 31.2 Å². The highest BCUT2D eigenvalue weighted by molar-refractivity contribution is 7.98. The molecule has 3 heteroatoms. The standard InChI is InChI=1S/C16H20N2S/c1-3-10-18-16(13-7-6-11-17-12-13)14-8-4-5-9-15(14)19-2/h4-9,11-12,16,18H,3,10H2,1-2H3. The molecule has 1 heterocycles. The molecule has 100 valence electrons. The molecule has 0 aliphatic rings. The molecule has 0 saturated carbocycles. The Hall–Kier alpha value is -1.32. The van der Waals surface area contributed by atoms with Crippen LogP contribution in [-0.4, -0.2) is 17.8 Å². The zero-order valence-corrected chi connectivity index (χ0v) is 12.3. The monoisotopic (exact) mass is 272 g/mol. The van der Waals surface area contributed by atoms with Crippen LogP contribution in [0.3, 0.4) is 0 Å². The van der Waals surface area contributed by atoms with Crippen LogP contribution in [0.15, 0.2) is 53.7 Å². The number of thioether (sulfide) groups is 1. The van der Waals surface area contributed by atoms with Crippen molar-refractivity contribution in [3.8, 4) is 0 Å². The van der Waals surface area contributed by atoms with Crippen molar-refractivity contribution in [2.24, 2.45) is 0 Å². The summed E-state index contributed by atoms with van der Waals surface area (Å²) in [7, 11) is 0. The summed E-state index contributed by atoms with van der Waals surface area (Å²) in [6.07, 6.45) is 7.02. The van der Waals surface area contributed by atoms with Gasteiger partial charge in [-0.05, 0) is 42.5 Å². The Morgan fingerprint density at radius 1 is 1.21 bits per heavy atom. The molecule has 0 spiro atoms. The lowest BCUT2D eigenvalue weighted by molar-refractivity contribution is 0.590. The van der Waals surface area contributed by atoms with Gasteiger partial charge in [-0.3, -0.25) is 4.98 Å². The topological polar surface area (TPSA) is 24.9 Å². The molecular formula is C16H20N2S. The van der Waals surface area contributed by atoms with E-state index in [0.29, 0.717) is 0 Å². The van der Waals surface area contributed by atoms with Crippen molar-refractivity contribution in [3.05, 3.63) is 59.9 Å². The van der Waals surface area contributed by atoms with Gasteiger partial charge in [0.25, 0.3) is 0 Å². The van der Waals surface area contributed by atoms with Crippen molar-refractivity contribution >= 4 is 11.8 Å². The van der Waals surface area contributed by atoms with Gasteiger partial charge in [0.05, 0.1) is 6.04 Å². The third-order valence-corrected chi connectivity index (χ3v) is 3.88. The van der Waals surface area contributed by atoms with Crippen LogP contribution in [0.2, 0.25) is 0 Å². The molecule has 0 radical (unpaired) electrons. The molecular weight excluding hydrogens is 252 g/mol. The first kappa shape index (κ1) is 14.1. The number of nitrogens with zero attached hydrogens (tertiary/aromatic N) is 1. The number of nitrogens with one attached hydrogen (secondary N) is 1. The van der Waals surface area contributed by atoms with Crippen molar-refractivity contribution in [1.82, 2.24) is 10.3 Å². The van der Waals surface area contributed by atoms with Crippen LogP contribution < -0.4 is 5.32 Å². The maximum atomic E-state index is 4.25. The van der Waals surface area contributed by atoms with Crippen LogP contribution in [0.5, 0.6) is 0 Å². The Labute approximate surface area is 119 Å². The van der Waals surface area contributed by atoms with E-state index in [9.17, 15) is 0 Å². The molecule has 1 atom stereocenters. The molecule has 0 bridgehead atoms. The second-order valence-electron chi connectivity index (χ2n) is 4.42. The van der Waals surface area contributed by atoms with Gasteiger partial charge in [-0.25, -0.2) is 0 Å². The molecule has 0 fully saturated rings. The first-order chi connectivity index (χ1) is 9.36. The highest BCUT2D eigenvalue weighted by atomic mass is 32.2. The smallest absolute Gasteiger partial charge is 0.0603 e. The predicted molar refractivity (Wildman–Crippen MR) is 82.6 cm³/mol. The molecule has 19 heavy (non-hydrogen) atoms. The van der Waals surface area contributed by atoms with Crippen molar-refractivity contribution in [2.75, 3.05) is 12.8 Å². The van der Waals surface area contributed by atoms with Gasteiger partial charge in [-0.15, -0.1) is 11.8 Å². The Balaban J connectivity index is 2.37. The van der Waals surface area contributed by atoms with Gasteiger partial charge in [-0.2, -0.15) is 0 Å². The highest BCUT2D eigenvalue weighted by Gasteiger charge is 2.16. The third kappa shape index (κ3) is 3.58. The van der Waals surface area contributed by atoms with E-state index < -0.39 is 0 Å². The molecule has 2 nitrogen and oxygen atoms in total. The van der Waals surface area contributed by atoms with Crippen molar-refractivity contribution < 1.29 is 0 Å². The minimum Gasteiger partial charge on any atom is -0.306 e. The predicted octanol–water partition coefficient (Wildman–Crippen LogP) is 3.89. The number of hydrogen-bond donors (Lipinski definition) is 1. The fourth-order valence-corrected chi connectivity index (χ4v) is 2.78. The van der Waals surface area contributed by atoms with Crippen LogP contribution in [0.1, 0.15) is 30.5 Å². The van der Waals surface area contributed by atoms with Gasteiger partial charge in [0.15, 0.2) is 0 Å². The van der Waals surface area contributed by atoms with E-state index >= 15 is 0 Å². The minimum absolute atomic E-state index is 0.220. The molecule has 2 rings (SSSR count). The summed E-state index contributed by atoms with van der Waals surface area (Å²) in [6, 6.07) is 12.9. The van der Waals surface area contributed by atoms with Gasteiger partial charge in [0.2, 0.25) is 0 Å². The van der Waals surface area contributed by atoms with Crippen molar-refractivity contribution in [3.63, 3.8) is 0 Å². The Bertz CT molecular complexity index is 499. The summed E-state index contributed by atoms with van der Waals surface area (Å²) in [5.41, 5.74) is 2.55. The number of hydrogen-bond acceptors (Lipinski definition) is 3. The zero-order valence-electron chi connectivity index (χ0n) is 11.5. The van der Waals surface area contributed by atoms with Crippen LogP contribution in [0.25, 0.3) is 0 Å². The average molecular weight is 272 g/mol. The van der Waals surface area contributed by atoms with Crippen molar-refractivity contribution in [2.45, 2.75) is 24.3 Å². The van der Waals surface area contributed by atoms with Gasteiger partial charge >= 0.3 is 0 Å². The summed E-state index contributed by atoms with van der Waals surface area (Å²) >= 11 is 1.79. The number of benzene rings is 1. The summed E-state index contributed by atoms with van der Waals surface area (Å²) in [6.45, 7) is 3.19. The Morgan fingerprint density at radius 2 is 2.05 bits per heavy atom. The largest absolute Gasteiger partial charge is 0.306 e. The number of rotatable bonds is 6. The van der Waals surface area contributed by atoms with Crippen molar-refractivity contribution in [1.29, 1.82) is 0 Å². The fraction of sp³-hybridized carbons (Fsp3) is 0.312. The molecule has 0 aliphatic carbocycles. The van der Waals surface area contributed by atoms with E-state index in [1.54, 1.807) is 11.8 Å². The summed E-state index contributed by atoms with van der Waals surface area (Å²) < 4.78 is 0. The molecule has 0 saturated heterocycles. The molecule has 0 amide bonds. The molecule has 2 aromatic rings. The average Bonchev–Trinajstić information content (AvgIpc) is 2.49. The normalized spacial score (nSPS) is 12.3. The van der Waals surface area contributed by atoms with Gasteiger partial charge in [0.1, 0.15) is 0 Å². The first-order valence-corrected chi connectivity index (χ1v) is 7.85. The minimum atomic E-state index is 0.220. The van der Waals surface area contributed by atoms with E-state index in [-0.39, 0.29) is 6.04 Å². The summed E-state index contributed by atoms with van der Waals surface area (Å²) in [5, 5.41) is 3.62. The van der Waals surface area contributed by atoms with Gasteiger partial charge < -0.3 is 5.32 Å². The van der Waals surface area contributed by atoms with E-state index in [0.717, 1.165) is 13.0 Å². The molecule has 1 aromatic carbocycles. The van der Waals surface area contributed by atoms with E-state index in [1.165, 1.54) is 16.0 Å². The number of aromatic nitrogens is 1. The quantitative estimate of drug-likeness (QED) is 0.807. The Morgan fingerprint density at radius 3 is 2.74 bits per heavy atom. The summed E-state index contributed by atoms with van der Waals surface area (Å²) in [4.78, 5) is 5.57. The maximum absolute atomic E-state index is 4.25. The molecule has 1 aromatic heterocycles.